The van der Waals surface area contributed by atoms with Crippen molar-refractivity contribution in [3.05, 3.63) is 35.4 Å². The van der Waals surface area contributed by atoms with Gasteiger partial charge in [-0.05, 0) is 24.5 Å². The molecule has 0 aromatic heterocycles. The first-order valence-electron chi connectivity index (χ1n) is 5.13. The van der Waals surface area contributed by atoms with Gasteiger partial charge < -0.3 is 4.74 Å². The van der Waals surface area contributed by atoms with Gasteiger partial charge in [0, 0.05) is 11.1 Å². The van der Waals surface area contributed by atoms with Crippen LogP contribution in [0.1, 0.15) is 37.3 Å². The van der Waals surface area contributed by atoms with Gasteiger partial charge in [0.15, 0.2) is 0 Å². The van der Waals surface area contributed by atoms with E-state index in [-0.39, 0.29) is 5.97 Å². The second kappa shape index (κ2) is 5.41. The summed E-state index contributed by atoms with van der Waals surface area (Å²) in [6.07, 6.45) is 1.07. The molecule has 1 aromatic carbocycles. The molecule has 0 radical (unpaired) electrons. The molecule has 0 atom stereocenters. The smallest absolute Gasteiger partial charge is 0.305 e. The minimum Gasteiger partial charge on any atom is -0.469 e. The Morgan fingerprint density at radius 3 is 2.60 bits per heavy atom. The van der Waals surface area contributed by atoms with Crippen LogP contribution in [-0.2, 0) is 16.0 Å². The van der Waals surface area contributed by atoms with E-state index in [4.69, 9.17) is 0 Å². The molecule has 0 heterocycles. The van der Waals surface area contributed by atoms with Gasteiger partial charge in [-0.3, -0.25) is 4.79 Å². The molecule has 0 unspecified atom stereocenters. The summed E-state index contributed by atoms with van der Waals surface area (Å²) in [4.78, 5) is 10.9. The van der Waals surface area contributed by atoms with Crippen LogP contribution in [0.2, 0.25) is 0 Å². The summed E-state index contributed by atoms with van der Waals surface area (Å²) >= 11 is 0. The lowest BCUT2D eigenvalue weighted by Crippen LogP contribution is -2.01. The third-order valence-electron chi connectivity index (χ3n) is 2.28. The highest BCUT2D eigenvalue weighted by molar-refractivity contribution is 5.69. The van der Waals surface area contributed by atoms with Gasteiger partial charge in [0.2, 0.25) is 0 Å². The maximum absolute atomic E-state index is 10.9. The number of rotatable bonds is 4. The second-order valence-corrected chi connectivity index (χ2v) is 3.79. The van der Waals surface area contributed by atoms with E-state index in [1.54, 1.807) is 0 Å². The summed E-state index contributed by atoms with van der Waals surface area (Å²) in [6, 6.07) is 10.2. The van der Waals surface area contributed by atoms with Crippen molar-refractivity contribution in [1.82, 2.24) is 0 Å². The SMILES string of the molecule is COC(=O)CCc1c#cc(C(C)C)cc1. The van der Waals surface area contributed by atoms with E-state index in [1.165, 1.54) is 7.11 Å². The number of carbonyl (C=O) groups is 1. The van der Waals surface area contributed by atoms with E-state index in [0.717, 1.165) is 11.1 Å². The number of hydrogen-bond acceptors (Lipinski definition) is 2. The highest BCUT2D eigenvalue weighted by Gasteiger charge is 2.02. The van der Waals surface area contributed by atoms with Crippen LogP contribution >= 0.6 is 0 Å². The van der Waals surface area contributed by atoms with Crippen molar-refractivity contribution >= 4 is 5.97 Å². The van der Waals surface area contributed by atoms with Crippen LogP contribution in [0.3, 0.4) is 0 Å². The van der Waals surface area contributed by atoms with Crippen molar-refractivity contribution in [2.75, 3.05) is 7.11 Å². The molecule has 1 rings (SSSR count). The Bertz CT molecular complexity index is 312. The maximum Gasteiger partial charge on any atom is 0.305 e. The van der Waals surface area contributed by atoms with Gasteiger partial charge in [-0.15, -0.1) is 0 Å². The van der Waals surface area contributed by atoms with Crippen molar-refractivity contribution < 1.29 is 9.53 Å². The van der Waals surface area contributed by atoms with Gasteiger partial charge >= 0.3 is 5.97 Å². The van der Waals surface area contributed by atoms with Crippen LogP contribution < -0.4 is 0 Å². The van der Waals surface area contributed by atoms with E-state index in [1.807, 2.05) is 12.1 Å². The van der Waals surface area contributed by atoms with Crippen LogP contribution in [-0.4, -0.2) is 13.1 Å². The number of aryl methyl sites for hydroxylation is 1. The lowest BCUT2D eigenvalue weighted by Gasteiger charge is -2.02. The molecule has 1 aromatic rings. The molecule has 0 aliphatic carbocycles. The van der Waals surface area contributed by atoms with Crippen LogP contribution in [0.5, 0.6) is 0 Å². The molecular formula is C13H16O2. The zero-order chi connectivity index (χ0) is 11.3. The summed E-state index contributed by atoms with van der Waals surface area (Å²) < 4.78 is 4.57. The molecule has 0 N–H and O–H groups in total. The van der Waals surface area contributed by atoms with Crippen molar-refractivity contribution in [2.45, 2.75) is 32.6 Å². The summed E-state index contributed by atoms with van der Waals surface area (Å²) in [5.41, 5.74) is 2.15. The van der Waals surface area contributed by atoms with Gasteiger partial charge in [0.05, 0.1) is 13.5 Å². The van der Waals surface area contributed by atoms with Gasteiger partial charge in [-0.1, -0.05) is 26.0 Å². The number of carbonyl (C=O) groups excluding carboxylic acids is 1. The summed E-state index contributed by atoms with van der Waals surface area (Å²) in [5.74, 6) is 0.284. The number of ether oxygens (including phenoxy) is 1. The molecule has 0 aliphatic rings. The molecule has 0 saturated carbocycles. The highest BCUT2D eigenvalue weighted by atomic mass is 16.5. The lowest BCUT2D eigenvalue weighted by atomic mass is 10.0. The van der Waals surface area contributed by atoms with Crippen molar-refractivity contribution in [3.63, 3.8) is 0 Å². The van der Waals surface area contributed by atoms with Gasteiger partial charge in [-0.25, -0.2) is 0 Å². The van der Waals surface area contributed by atoms with E-state index in [2.05, 4.69) is 30.7 Å². The Morgan fingerprint density at radius 1 is 1.40 bits per heavy atom. The fraction of sp³-hybridized carbons (Fsp3) is 0.462. The topological polar surface area (TPSA) is 26.3 Å². The Hall–Kier alpha value is -1.49. The molecule has 2 nitrogen and oxygen atoms in total. The van der Waals surface area contributed by atoms with Gasteiger partial charge in [-0.2, -0.15) is 0 Å². The average molecular weight is 204 g/mol. The molecule has 0 amide bonds. The molecule has 0 bridgehead atoms. The third-order valence-corrected chi connectivity index (χ3v) is 2.28. The predicted octanol–water partition coefficient (Wildman–Crippen LogP) is 2.52. The molecule has 0 saturated heterocycles. The number of methoxy groups -OCH3 is 1. The predicted molar refractivity (Wildman–Crippen MR) is 58.5 cm³/mol. The van der Waals surface area contributed by atoms with E-state index in [9.17, 15) is 4.79 Å². The van der Waals surface area contributed by atoms with E-state index < -0.39 is 0 Å². The van der Waals surface area contributed by atoms with Crippen LogP contribution in [0.15, 0.2) is 12.1 Å². The first kappa shape index (κ1) is 11.6. The standard InChI is InChI=1S/C13H16O2/c1-10(2)12-7-4-11(5-8-12)6-9-13(14)15-3/h4,7,10H,6,9H2,1-3H3. The first-order chi connectivity index (χ1) is 7.13. The largest absolute Gasteiger partial charge is 0.469 e. The van der Waals surface area contributed by atoms with Crippen molar-refractivity contribution in [2.24, 2.45) is 0 Å². The van der Waals surface area contributed by atoms with Crippen LogP contribution in [0.4, 0.5) is 0 Å². The summed E-state index contributed by atoms with van der Waals surface area (Å²) in [7, 11) is 1.40. The zero-order valence-corrected chi connectivity index (χ0v) is 9.46. The Kier molecular flexibility index (Phi) is 4.17. The minimum absolute atomic E-state index is 0.184. The summed E-state index contributed by atoms with van der Waals surface area (Å²) in [6.45, 7) is 4.24. The molecule has 15 heavy (non-hydrogen) atoms. The molecular weight excluding hydrogens is 188 g/mol. The van der Waals surface area contributed by atoms with E-state index in [0.29, 0.717) is 18.8 Å². The van der Waals surface area contributed by atoms with E-state index >= 15 is 0 Å². The third kappa shape index (κ3) is 3.63. The normalized spacial score (nSPS) is 9.87. The molecule has 2 heteroatoms. The maximum atomic E-state index is 10.9. The fourth-order valence-electron chi connectivity index (χ4n) is 1.25. The number of esters is 1. The monoisotopic (exact) mass is 204 g/mol. The minimum atomic E-state index is -0.184. The Balaban J connectivity index is 2.53. The van der Waals surface area contributed by atoms with Gasteiger partial charge in [0.25, 0.3) is 0 Å². The zero-order valence-electron chi connectivity index (χ0n) is 9.46. The Labute approximate surface area is 91.3 Å². The molecule has 80 valence electrons. The lowest BCUT2D eigenvalue weighted by molar-refractivity contribution is -0.140. The fourth-order valence-corrected chi connectivity index (χ4v) is 1.25. The van der Waals surface area contributed by atoms with Crippen molar-refractivity contribution in [1.29, 1.82) is 0 Å². The molecule has 0 fully saturated rings. The quantitative estimate of drug-likeness (QED) is 0.704. The molecule has 0 spiro atoms. The van der Waals surface area contributed by atoms with Crippen LogP contribution in [0, 0.1) is 12.1 Å². The molecule has 0 aliphatic heterocycles. The number of hydrogen-bond donors (Lipinski definition) is 0. The highest BCUT2D eigenvalue weighted by Crippen LogP contribution is 2.11. The van der Waals surface area contributed by atoms with Crippen molar-refractivity contribution in [3.8, 4) is 0 Å². The first-order valence-corrected chi connectivity index (χ1v) is 5.13. The average Bonchev–Trinajstić information content (AvgIpc) is 2.26. The Morgan fingerprint density at radius 2 is 2.13 bits per heavy atom. The summed E-state index contributed by atoms with van der Waals surface area (Å²) in [5, 5.41) is 0. The second-order valence-electron chi connectivity index (χ2n) is 3.79. The van der Waals surface area contributed by atoms with Gasteiger partial charge in [0.1, 0.15) is 0 Å². The van der Waals surface area contributed by atoms with Crippen LogP contribution in [0.25, 0.3) is 0 Å².